The number of carbonyl (C=O) groups excluding carboxylic acids is 2. The lowest BCUT2D eigenvalue weighted by molar-refractivity contribution is -0.114. The number of benzene rings is 1. The molecule has 0 fully saturated rings. The van der Waals surface area contributed by atoms with Crippen molar-refractivity contribution in [1.29, 1.82) is 0 Å². The van der Waals surface area contributed by atoms with Crippen LogP contribution in [0.2, 0.25) is 0 Å². The molecule has 0 unspecified atom stereocenters. The van der Waals surface area contributed by atoms with Gasteiger partial charge >= 0.3 is 0 Å². The largest absolute Gasteiger partial charge is 0.352 e. The maximum atomic E-state index is 12.5. The summed E-state index contributed by atoms with van der Waals surface area (Å²) in [5.74, 6) is -0.336. The molecule has 0 aliphatic carbocycles. The molecule has 6 heteroatoms. The van der Waals surface area contributed by atoms with Crippen molar-refractivity contribution < 1.29 is 9.59 Å². The zero-order valence-corrected chi connectivity index (χ0v) is 16.7. The number of aromatic nitrogens is 2. The molecule has 0 saturated heterocycles. The first-order chi connectivity index (χ1) is 12.7. The van der Waals surface area contributed by atoms with E-state index >= 15 is 0 Å². The average Bonchev–Trinajstić information content (AvgIpc) is 3.00. The predicted octanol–water partition coefficient (Wildman–Crippen LogP) is 3.19. The molecule has 0 aliphatic heterocycles. The maximum Gasteiger partial charge on any atom is 0.251 e. The molecule has 6 nitrogen and oxygen atoms in total. The van der Waals surface area contributed by atoms with Crippen molar-refractivity contribution in [3.63, 3.8) is 0 Å². The molecule has 144 valence electrons. The van der Waals surface area contributed by atoms with Crippen LogP contribution in [0.4, 0.5) is 5.69 Å². The third-order valence-electron chi connectivity index (χ3n) is 4.16. The van der Waals surface area contributed by atoms with Crippen molar-refractivity contribution in [3.05, 3.63) is 59.9 Å². The standard InChI is InChI=1S/C21H28N4O2/c1-7-18(26)25(14-16-13-24(6)23-19(16)21(3,4)5)17-11-9-15(10-12-17)20(27)22-8-2/h7,9-13H,1,8,14H2,2-6H3,(H,22,27). The van der Waals surface area contributed by atoms with Gasteiger partial charge in [0.1, 0.15) is 0 Å². The molecular weight excluding hydrogens is 340 g/mol. The van der Waals surface area contributed by atoms with Gasteiger partial charge in [-0.15, -0.1) is 0 Å². The maximum absolute atomic E-state index is 12.5. The number of nitrogens with zero attached hydrogens (tertiary/aromatic N) is 3. The van der Waals surface area contributed by atoms with Gasteiger partial charge in [0.25, 0.3) is 11.8 Å². The molecule has 0 saturated carbocycles. The summed E-state index contributed by atoms with van der Waals surface area (Å²) < 4.78 is 1.77. The fourth-order valence-electron chi connectivity index (χ4n) is 2.92. The third-order valence-corrected chi connectivity index (χ3v) is 4.16. The Morgan fingerprint density at radius 2 is 1.89 bits per heavy atom. The number of nitrogens with one attached hydrogen (secondary N) is 1. The monoisotopic (exact) mass is 368 g/mol. The second-order valence-corrected chi connectivity index (χ2v) is 7.46. The lowest BCUT2D eigenvalue weighted by Crippen LogP contribution is -2.30. The molecule has 0 aliphatic rings. The SMILES string of the molecule is C=CC(=O)N(Cc1cn(C)nc1C(C)(C)C)c1ccc(C(=O)NCC)cc1. The summed E-state index contributed by atoms with van der Waals surface area (Å²) in [5, 5.41) is 7.34. The minimum Gasteiger partial charge on any atom is -0.352 e. The number of aryl methyl sites for hydroxylation is 1. The van der Waals surface area contributed by atoms with Gasteiger partial charge in [0.15, 0.2) is 0 Å². The summed E-state index contributed by atoms with van der Waals surface area (Å²) in [6.07, 6.45) is 3.23. The van der Waals surface area contributed by atoms with Crippen molar-refractivity contribution in [3.8, 4) is 0 Å². The van der Waals surface area contributed by atoms with Crippen molar-refractivity contribution in [2.45, 2.75) is 39.7 Å². The Hall–Kier alpha value is -2.89. The topological polar surface area (TPSA) is 67.2 Å². The van der Waals surface area contributed by atoms with Crippen molar-refractivity contribution >= 4 is 17.5 Å². The van der Waals surface area contributed by atoms with E-state index in [0.29, 0.717) is 24.3 Å². The zero-order valence-electron chi connectivity index (χ0n) is 16.7. The highest BCUT2D eigenvalue weighted by molar-refractivity contribution is 6.01. The number of carbonyl (C=O) groups is 2. The van der Waals surface area contributed by atoms with E-state index in [1.807, 2.05) is 20.2 Å². The van der Waals surface area contributed by atoms with Crippen LogP contribution in [0, 0.1) is 0 Å². The van der Waals surface area contributed by atoms with Crippen molar-refractivity contribution in [1.82, 2.24) is 15.1 Å². The van der Waals surface area contributed by atoms with Crippen LogP contribution in [-0.4, -0.2) is 28.1 Å². The molecule has 2 amide bonds. The van der Waals surface area contributed by atoms with E-state index in [1.54, 1.807) is 33.8 Å². The van der Waals surface area contributed by atoms with E-state index in [-0.39, 0.29) is 17.2 Å². The van der Waals surface area contributed by atoms with E-state index < -0.39 is 0 Å². The van der Waals surface area contributed by atoms with Gasteiger partial charge in [0, 0.05) is 42.0 Å². The van der Waals surface area contributed by atoms with Gasteiger partial charge in [0.2, 0.25) is 0 Å². The van der Waals surface area contributed by atoms with Gasteiger partial charge in [-0.05, 0) is 37.3 Å². The number of anilines is 1. The highest BCUT2D eigenvalue weighted by atomic mass is 16.2. The summed E-state index contributed by atoms with van der Waals surface area (Å²) >= 11 is 0. The van der Waals surface area contributed by atoms with Crippen LogP contribution in [-0.2, 0) is 23.8 Å². The Morgan fingerprint density at radius 3 is 2.41 bits per heavy atom. The number of hydrogen-bond acceptors (Lipinski definition) is 3. The summed E-state index contributed by atoms with van der Waals surface area (Å²) in [4.78, 5) is 26.1. The van der Waals surface area contributed by atoms with Crippen LogP contribution in [0.3, 0.4) is 0 Å². The summed E-state index contributed by atoms with van der Waals surface area (Å²) in [6, 6.07) is 6.99. The molecule has 1 aromatic heterocycles. The first-order valence-electron chi connectivity index (χ1n) is 9.02. The van der Waals surface area contributed by atoms with Crippen molar-refractivity contribution in [2.24, 2.45) is 7.05 Å². The first kappa shape index (κ1) is 20.4. The first-order valence-corrected chi connectivity index (χ1v) is 9.02. The lowest BCUT2D eigenvalue weighted by atomic mass is 9.89. The van der Waals surface area contributed by atoms with Crippen LogP contribution in [0.1, 0.15) is 49.3 Å². The van der Waals surface area contributed by atoms with Crippen LogP contribution < -0.4 is 10.2 Å². The summed E-state index contributed by atoms with van der Waals surface area (Å²) in [5.41, 5.74) is 3.06. The van der Waals surface area contributed by atoms with Crippen LogP contribution >= 0.6 is 0 Å². The van der Waals surface area contributed by atoms with Gasteiger partial charge in [0.05, 0.1) is 12.2 Å². The minimum absolute atomic E-state index is 0.132. The highest BCUT2D eigenvalue weighted by Crippen LogP contribution is 2.27. The molecule has 2 aromatic rings. The van der Waals surface area contributed by atoms with E-state index in [4.69, 9.17) is 0 Å². The number of amides is 2. The fourth-order valence-corrected chi connectivity index (χ4v) is 2.92. The van der Waals surface area contributed by atoms with Crippen LogP contribution in [0.15, 0.2) is 43.1 Å². The fraction of sp³-hybridized carbons (Fsp3) is 0.381. The molecule has 0 spiro atoms. The van der Waals surface area contributed by atoms with Crippen LogP contribution in [0.25, 0.3) is 0 Å². The second kappa shape index (κ2) is 8.20. The molecule has 27 heavy (non-hydrogen) atoms. The van der Waals surface area contributed by atoms with Gasteiger partial charge in [-0.2, -0.15) is 5.10 Å². The lowest BCUT2D eigenvalue weighted by Gasteiger charge is -2.24. The smallest absolute Gasteiger partial charge is 0.251 e. The average molecular weight is 368 g/mol. The molecule has 1 aromatic carbocycles. The van der Waals surface area contributed by atoms with E-state index in [2.05, 4.69) is 37.8 Å². The van der Waals surface area contributed by atoms with Gasteiger partial charge in [-0.3, -0.25) is 14.3 Å². The van der Waals surface area contributed by atoms with Crippen molar-refractivity contribution in [2.75, 3.05) is 11.4 Å². The van der Waals surface area contributed by atoms with Crippen LogP contribution in [0.5, 0.6) is 0 Å². The molecular formula is C21H28N4O2. The molecule has 2 rings (SSSR count). The van der Waals surface area contributed by atoms with E-state index in [0.717, 1.165) is 11.3 Å². The summed E-state index contributed by atoms with van der Waals surface area (Å²) in [7, 11) is 1.87. The van der Waals surface area contributed by atoms with Gasteiger partial charge in [-0.25, -0.2) is 0 Å². The highest BCUT2D eigenvalue weighted by Gasteiger charge is 2.24. The number of rotatable bonds is 6. The Morgan fingerprint density at radius 1 is 1.26 bits per heavy atom. The molecule has 1 heterocycles. The Labute approximate surface area is 160 Å². The Balaban J connectivity index is 2.36. The Bertz CT molecular complexity index is 829. The predicted molar refractivity (Wildman–Crippen MR) is 108 cm³/mol. The second-order valence-electron chi connectivity index (χ2n) is 7.46. The minimum atomic E-state index is -0.204. The van der Waals surface area contributed by atoms with E-state index in [1.165, 1.54) is 6.08 Å². The zero-order chi connectivity index (χ0) is 20.2. The van der Waals surface area contributed by atoms with Gasteiger partial charge < -0.3 is 10.2 Å². The van der Waals surface area contributed by atoms with Gasteiger partial charge in [-0.1, -0.05) is 27.4 Å². The Kier molecular flexibility index (Phi) is 6.20. The molecule has 0 bridgehead atoms. The normalized spacial score (nSPS) is 11.1. The summed E-state index contributed by atoms with van der Waals surface area (Å²) in [6.45, 7) is 12.7. The molecule has 0 radical (unpaired) electrons. The quantitative estimate of drug-likeness (QED) is 0.796. The van der Waals surface area contributed by atoms with E-state index in [9.17, 15) is 9.59 Å². The third kappa shape index (κ3) is 4.84. The number of hydrogen-bond donors (Lipinski definition) is 1. The molecule has 0 atom stereocenters. The molecule has 1 N–H and O–H groups in total.